The number of carbonyl (C=O) groups excluding carboxylic acids is 1. The lowest BCUT2D eigenvalue weighted by Crippen LogP contribution is -2.37. The molecule has 128 valence electrons. The van der Waals surface area contributed by atoms with Crippen LogP contribution in [0.2, 0.25) is 5.02 Å². The van der Waals surface area contributed by atoms with Crippen LogP contribution < -0.4 is 10.9 Å². The van der Waals surface area contributed by atoms with Gasteiger partial charge >= 0.3 is 6.18 Å². The number of amides is 1. The highest BCUT2D eigenvalue weighted by molar-refractivity contribution is 6.30. The van der Waals surface area contributed by atoms with Gasteiger partial charge in [-0.25, -0.2) is 0 Å². The molecule has 0 spiro atoms. The maximum atomic E-state index is 12.7. The zero-order valence-corrected chi connectivity index (χ0v) is 13.2. The number of pyridine rings is 1. The van der Waals surface area contributed by atoms with Crippen LogP contribution in [0.3, 0.4) is 0 Å². The van der Waals surface area contributed by atoms with E-state index in [2.05, 4.69) is 5.32 Å². The molecular formula is C15H18ClF3N2O2. The summed E-state index contributed by atoms with van der Waals surface area (Å²) in [6, 6.07) is 0.723. The largest absolute Gasteiger partial charge is 0.417 e. The van der Waals surface area contributed by atoms with Gasteiger partial charge in [-0.1, -0.05) is 30.9 Å². The van der Waals surface area contributed by atoms with Crippen molar-refractivity contribution >= 4 is 17.5 Å². The molecule has 1 aliphatic carbocycles. The van der Waals surface area contributed by atoms with Crippen molar-refractivity contribution in [2.24, 2.45) is 0 Å². The smallest absolute Gasteiger partial charge is 0.353 e. The quantitative estimate of drug-likeness (QED) is 0.905. The maximum absolute atomic E-state index is 12.7. The number of hydrogen-bond acceptors (Lipinski definition) is 2. The van der Waals surface area contributed by atoms with E-state index in [4.69, 9.17) is 11.6 Å². The van der Waals surface area contributed by atoms with Gasteiger partial charge in [-0.2, -0.15) is 13.2 Å². The van der Waals surface area contributed by atoms with Gasteiger partial charge in [0.15, 0.2) is 0 Å². The summed E-state index contributed by atoms with van der Waals surface area (Å²) >= 11 is 5.56. The van der Waals surface area contributed by atoms with Crippen molar-refractivity contribution in [1.82, 2.24) is 9.88 Å². The zero-order chi connectivity index (χ0) is 17.0. The van der Waals surface area contributed by atoms with Gasteiger partial charge in [0.1, 0.15) is 5.02 Å². The van der Waals surface area contributed by atoms with E-state index in [0.717, 1.165) is 36.7 Å². The van der Waals surface area contributed by atoms with E-state index in [-0.39, 0.29) is 24.9 Å². The van der Waals surface area contributed by atoms with Gasteiger partial charge < -0.3 is 9.88 Å². The molecule has 1 aliphatic rings. The first-order valence-electron chi connectivity index (χ1n) is 7.54. The van der Waals surface area contributed by atoms with Crippen LogP contribution in [0, 0.1) is 0 Å². The first kappa shape index (κ1) is 17.8. The van der Waals surface area contributed by atoms with Crippen LogP contribution in [0.25, 0.3) is 0 Å². The Labute approximate surface area is 136 Å². The molecule has 0 unspecified atom stereocenters. The Bertz CT molecular complexity index is 622. The summed E-state index contributed by atoms with van der Waals surface area (Å²) in [6.07, 6.45) is 1.16. The van der Waals surface area contributed by atoms with Crippen LogP contribution in [0.4, 0.5) is 13.2 Å². The van der Waals surface area contributed by atoms with Gasteiger partial charge in [-0.15, -0.1) is 0 Å². The number of alkyl halides is 3. The van der Waals surface area contributed by atoms with Crippen LogP contribution in [0.5, 0.6) is 0 Å². The number of nitrogens with zero attached hydrogens (tertiary/aromatic N) is 1. The molecule has 0 bridgehead atoms. The molecule has 1 fully saturated rings. The molecule has 1 saturated carbocycles. The minimum absolute atomic E-state index is 0.0615. The molecule has 23 heavy (non-hydrogen) atoms. The molecule has 0 atom stereocenters. The fraction of sp³-hybridized carbons (Fsp3) is 0.600. The highest BCUT2D eigenvalue weighted by atomic mass is 35.5. The van der Waals surface area contributed by atoms with Crippen molar-refractivity contribution < 1.29 is 18.0 Å². The SMILES string of the molecule is O=C(CCn1cc(C(F)(F)F)cc(Cl)c1=O)NC1CCCCC1. The molecule has 1 amide bonds. The van der Waals surface area contributed by atoms with E-state index in [9.17, 15) is 22.8 Å². The molecule has 0 aliphatic heterocycles. The first-order chi connectivity index (χ1) is 10.8. The Kier molecular flexibility index (Phi) is 5.73. The van der Waals surface area contributed by atoms with Crippen molar-refractivity contribution in [1.29, 1.82) is 0 Å². The Hall–Kier alpha value is -1.50. The van der Waals surface area contributed by atoms with Crippen molar-refractivity contribution in [2.45, 2.75) is 57.3 Å². The lowest BCUT2D eigenvalue weighted by molar-refractivity contribution is -0.138. The molecule has 0 saturated heterocycles. The van der Waals surface area contributed by atoms with E-state index in [0.29, 0.717) is 12.3 Å². The molecule has 0 aromatic carbocycles. The Morgan fingerprint density at radius 2 is 1.96 bits per heavy atom. The van der Waals surface area contributed by atoms with Gasteiger partial charge in [0.2, 0.25) is 5.91 Å². The lowest BCUT2D eigenvalue weighted by atomic mass is 9.95. The lowest BCUT2D eigenvalue weighted by Gasteiger charge is -2.22. The summed E-state index contributed by atoms with van der Waals surface area (Å²) in [4.78, 5) is 23.7. The molecule has 1 heterocycles. The third-order valence-corrected chi connectivity index (χ3v) is 4.19. The Balaban J connectivity index is 2.00. The highest BCUT2D eigenvalue weighted by Gasteiger charge is 2.32. The number of nitrogens with one attached hydrogen (secondary N) is 1. The minimum atomic E-state index is -4.59. The van der Waals surface area contributed by atoms with E-state index >= 15 is 0 Å². The molecule has 2 rings (SSSR count). The van der Waals surface area contributed by atoms with Crippen molar-refractivity contribution in [3.8, 4) is 0 Å². The standard InChI is InChI=1S/C15H18ClF3N2O2/c16-12-8-10(15(17,18)19)9-21(14(12)23)7-6-13(22)20-11-4-2-1-3-5-11/h8-9,11H,1-7H2,(H,20,22). The highest BCUT2D eigenvalue weighted by Crippen LogP contribution is 2.29. The van der Waals surface area contributed by atoms with E-state index in [1.807, 2.05) is 0 Å². The number of aromatic nitrogens is 1. The fourth-order valence-electron chi connectivity index (χ4n) is 2.69. The van der Waals surface area contributed by atoms with Crippen LogP contribution in [0.1, 0.15) is 44.1 Å². The van der Waals surface area contributed by atoms with E-state index in [1.165, 1.54) is 0 Å². The number of aryl methyl sites for hydroxylation is 1. The Morgan fingerprint density at radius 3 is 2.57 bits per heavy atom. The molecule has 1 N–H and O–H groups in total. The number of halogens is 4. The monoisotopic (exact) mass is 350 g/mol. The molecule has 8 heteroatoms. The number of rotatable bonds is 4. The van der Waals surface area contributed by atoms with Gasteiger partial charge in [0, 0.05) is 25.2 Å². The predicted molar refractivity (Wildman–Crippen MR) is 80.3 cm³/mol. The summed E-state index contributed by atoms with van der Waals surface area (Å²) in [5.41, 5.74) is -1.74. The minimum Gasteiger partial charge on any atom is -0.353 e. The predicted octanol–water partition coefficient (Wildman–Crippen LogP) is 3.36. The van der Waals surface area contributed by atoms with Crippen molar-refractivity contribution in [2.75, 3.05) is 0 Å². The normalized spacial score (nSPS) is 16.3. The topological polar surface area (TPSA) is 51.1 Å². The molecule has 1 aromatic heterocycles. The molecule has 1 aromatic rings. The number of hydrogen-bond donors (Lipinski definition) is 1. The third kappa shape index (κ3) is 4.99. The average Bonchev–Trinajstić information content (AvgIpc) is 2.48. The van der Waals surface area contributed by atoms with Crippen LogP contribution in [-0.2, 0) is 17.5 Å². The molecular weight excluding hydrogens is 333 g/mol. The van der Waals surface area contributed by atoms with Crippen molar-refractivity contribution in [3.05, 3.63) is 33.2 Å². The number of carbonyl (C=O) groups is 1. The van der Waals surface area contributed by atoms with E-state index < -0.39 is 22.3 Å². The second kappa shape index (κ2) is 7.38. The molecule has 4 nitrogen and oxygen atoms in total. The average molecular weight is 351 g/mol. The van der Waals surface area contributed by atoms with Gasteiger partial charge in [0.25, 0.3) is 5.56 Å². The Morgan fingerprint density at radius 1 is 1.30 bits per heavy atom. The van der Waals surface area contributed by atoms with Gasteiger partial charge in [-0.3, -0.25) is 9.59 Å². The second-order valence-electron chi connectivity index (χ2n) is 5.73. The summed E-state index contributed by atoms with van der Waals surface area (Å²) in [7, 11) is 0. The second-order valence-corrected chi connectivity index (χ2v) is 6.13. The van der Waals surface area contributed by atoms with Crippen molar-refractivity contribution in [3.63, 3.8) is 0 Å². The molecule has 0 radical (unpaired) electrons. The third-order valence-electron chi connectivity index (χ3n) is 3.92. The summed E-state index contributed by atoms with van der Waals surface area (Å²) in [5, 5.41) is 2.35. The summed E-state index contributed by atoms with van der Waals surface area (Å²) < 4.78 is 39.0. The first-order valence-corrected chi connectivity index (χ1v) is 7.91. The van der Waals surface area contributed by atoms with E-state index in [1.54, 1.807) is 0 Å². The van der Waals surface area contributed by atoms with Gasteiger partial charge in [-0.05, 0) is 18.9 Å². The zero-order valence-electron chi connectivity index (χ0n) is 12.5. The maximum Gasteiger partial charge on any atom is 0.417 e. The van der Waals surface area contributed by atoms with Crippen LogP contribution >= 0.6 is 11.6 Å². The van der Waals surface area contributed by atoms with Crippen LogP contribution in [0.15, 0.2) is 17.1 Å². The van der Waals surface area contributed by atoms with Gasteiger partial charge in [0.05, 0.1) is 5.56 Å². The van der Waals surface area contributed by atoms with Crippen LogP contribution in [-0.4, -0.2) is 16.5 Å². The summed E-state index contributed by atoms with van der Waals surface area (Å²) in [6.45, 7) is -0.138. The summed E-state index contributed by atoms with van der Waals surface area (Å²) in [5.74, 6) is -0.266. The fourth-order valence-corrected chi connectivity index (χ4v) is 2.92.